The summed E-state index contributed by atoms with van der Waals surface area (Å²) < 4.78 is 11.1. The number of thiocarbonyl (C=S) groups is 1. The topological polar surface area (TPSA) is 46.1 Å². The predicted molar refractivity (Wildman–Crippen MR) is 108 cm³/mol. The maximum Gasteiger partial charge on any atom is 0.189 e. The molecule has 0 aliphatic carbocycles. The lowest BCUT2D eigenvalue weighted by molar-refractivity contribution is 0.0337. The smallest absolute Gasteiger partial charge is 0.189 e. The van der Waals surface area contributed by atoms with Gasteiger partial charge in [0.1, 0.15) is 23.0 Å². The number of unbranched alkanes of at least 4 members (excludes halogenated alkanes) is 1. The molecule has 0 heterocycles. The number of nitrogens with zero attached hydrogens (tertiary/aromatic N) is 2. The summed E-state index contributed by atoms with van der Waals surface area (Å²) in [5.41, 5.74) is 4.96. The van der Waals surface area contributed by atoms with E-state index in [0.29, 0.717) is 16.4 Å². The van der Waals surface area contributed by atoms with Crippen LogP contribution >= 0.6 is 12.2 Å². The first-order valence-electron chi connectivity index (χ1n) is 8.26. The zero-order valence-electron chi connectivity index (χ0n) is 15.0. The van der Waals surface area contributed by atoms with Crippen LogP contribution < -0.4 is 10.2 Å². The first-order valence-corrected chi connectivity index (χ1v) is 8.66. The van der Waals surface area contributed by atoms with Crippen molar-refractivity contribution in [3.05, 3.63) is 48.7 Å². The van der Waals surface area contributed by atoms with Crippen LogP contribution in [0.1, 0.15) is 26.7 Å². The second kappa shape index (κ2) is 12.4. The van der Waals surface area contributed by atoms with Crippen LogP contribution in [0.2, 0.25) is 0 Å². The van der Waals surface area contributed by atoms with Crippen LogP contribution in [-0.2, 0) is 4.74 Å². The Balaban J connectivity index is 2.51. The Bertz CT molecular complexity index is 602. The summed E-state index contributed by atoms with van der Waals surface area (Å²) in [7, 11) is 0. The molecule has 0 atom stereocenters. The minimum atomic E-state index is 0.0830. The van der Waals surface area contributed by atoms with E-state index in [4.69, 9.17) is 21.7 Å². The van der Waals surface area contributed by atoms with Gasteiger partial charge in [0.15, 0.2) is 6.79 Å². The monoisotopic (exact) mass is 361 g/mol. The Morgan fingerprint density at radius 3 is 2.84 bits per heavy atom. The Morgan fingerprint density at radius 2 is 2.16 bits per heavy atom. The molecule has 0 aliphatic heterocycles. The normalized spacial score (nSPS) is 11.0. The van der Waals surface area contributed by atoms with E-state index in [0.717, 1.165) is 25.1 Å². The molecule has 0 saturated heterocycles. The number of allylic oxidation sites excluding steroid dienone is 3. The molecular formula is C19H27N3O2S. The number of ether oxygens (including phenoxy) is 2. The Hall–Kier alpha value is -2.02. The summed E-state index contributed by atoms with van der Waals surface area (Å²) in [6.07, 6.45) is 5.80. The first kappa shape index (κ1) is 21.0. The van der Waals surface area contributed by atoms with Gasteiger partial charge in [-0.05, 0) is 38.3 Å². The minimum absolute atomic E-state index is 0.0830. The van der Waals surface area contributed by atoms with Crippen LogP contribution in [0.4, 0.5) is 5.69 Å². The van der Waals surface area contributed by atoms with E-state index in [1.54, 1.807) is 6.08 Å². The molecule has 0 spiro atoms. The minimum Gasteiger partial charge on any atom is -0.465 e. The molecule has 0 aromatic heterocycles. The van der Waals surface area contributed by atoms with Gasteiger partial charge < -0.3 is 9.47 Å². The van der Waals surface area contributed by atoms with Crippen molar-refractivity contribution in [2.24, 2.45) is 4.99 Å². The summed E-state index contributed by atoms with van der Waals surface area (Å²) in [5, 5.41) is 1.85. The van der Waals surface area contributed by atoms with Crippen molar-refractivity contribution in [3.8, 4) is 5.75 Å². The summed E-state index contributed by atoms with van der Waals surface area (Å²) in [6.45, 7) is 12.5. The molecule has 1 rings (SSSR count). The van der Waals surface area contributed by atoms with Crippen molar-refractivity contribution in [3.63, 3.8) is 0 Å². The van der Waals surface area contributed by atoms with Crippen LogP contribution in [0.15, 0.2) is 53.7 Å². The SMILES string of the molecule is C=C/C=C(/C)N(NCCCC)C(=S)COCOc1ccccc1N=C. The molecule has 1 aromatic rings. The fourth-order valence-electron chi connectivity index (χ4n) is 2.03. The van der Waals surface area contributed by atoms with Gasteiger partial charge in [0.05, 0.1) is 0 Å². The van der Waals surface area contributed by atoms with E-state index < -0.39 is 0 Å². The van der Waals surface area contributed by atoms with E-state index in [9.17, 15) is 0 Å². The maximum absolute atomic E-state index is 5.58. The molecule has 136 valence electrons. The number of hydrogen-bond acceptors (Lipinski definition) is 5. The maximum atomic E-state index is 5.58. The zero-order chi connectivity index (χ0) is 18.5. The van der Waals surface area contributed by atoms with Gasteiger partial charge in [-0.1, -0.05) is 50.4 Å². The highest BCUT2D eigenvalue weighted by Crippen LogP contribution is 2.25. The van der Waals surface area contributed by atoms with Gasteiger partial charge in [0.2, 0.25) is 0 Å². The number of benzene rings is 1. The number of para-hydroxylation sites is 2. The van der Waals surface area contributed by atoms with Crippen molar-refractivity contribution in [2.75, 3.05) is 19.9 Å². The quantitative estimate of drug-likeness (QED) is 0.149. The Labute approximate surface area is 156 Å². The van der Waals surface area contributed by atoms with Gasteiger partial charge in [-0.3, -0.25) is 10.0 Å². The molecule has 25 heavy (non-hydrogen) atoms. The van der Waals surface area contributed by atoms with Gasteiger partial charge in [0.25, 0.3) is 0 Å². The summed E-state index contributed by atoms with van der Waals surface area (Å²) in [4.78, 5) is 4.54. The standard InChI is InChI=1S/C19H27N3O2S/c1-5-7-13-21-22(16(3)10-6-2)19(25)14-23-15-24-18-12-9-8-11-17(18)20-4/h6,8-12,21H,2,4-5,7,13-15H2,1,3H3/b16-10-. The molecule has 0 fully saturated rings. The number of rotatable bonds is 12. The third-order valence-corrected chi connectivity index (χ3v) is 3.62. The van der Waals surface area contributed by atoms with Crippen LogP contribution in [0.5, 0.6) is 5.75 Å². The first-order chi connectivity index (χ1) is 12.1. The lowest BCUT2D eigenvalue weighted by Gasteiger charge is -2.26. The zero-order valence-corrected chi connectivity index (χ0v) is 15.8. The van der Waals surface area contributed by atoms with Crippen LogP contribution in [0.25, 0.3) is 0 Å². The van der Waals surface area contributed by atoms with Gasteiger partial charge in [0, 0.05) is 12.2 Å². The fraction of sp³-hybridized carbons (Fsp3) is 0.368. The Morgan fingerprint density at radius 1 is 1.40 bits per heavy atom. The number of hydrazine groups is 1. The summed E-state index contributed by atoms with van der Waals surface area (Å²) >= 11 is 5.47. The molecular weight excluding hydrogens is 334 g/mol. The van der Waals surface area contributed by atoms with Gasteiger partial charge in [-0.2, -0.15) is 0 Å². The second-order valence-electron chi connectivity index (χ2n) is 5.27. The highest BCUT2D eigenvalue weighted by molar-refractivity contribution is 7.80. The van der Waals surface area contributed by atoms with Crippen LogP contribution in [0.3, 0.4) is 0 Å². The summed E-state index contributed by atoms with van der Waals surface area (Å²) in [5.74, 6) is 0.629. The Kier molecular flexibility index (Phi) is 10.4. The largest absolute Gasteiger partial charge is 0.465 e. The number of aliphatic imine (C=N–C) groups is 1. The van der Waals surface area contributed by atoms with Crippen molar-refractivity contribution in [1.82, 2.24) is 10.4 Å². The molecule has 0 saturated carbocycles. The molecule has 0 aliphatic rings. The average molecular weight is 362 g/mol. The number of hydrogen-bond donors (Lipinski definition) is 1. The van der Waals surface area contributed by atoms with E-state index in [1.165, 1.54) is 0 Å². The van der Waals surface area contributed by atoms with E-state index >= 15 is 0 Å². The molecule has 0 unspecified atom stereocenters. The molecule has 0 bridgehead atoms. The van der Waals surface area contributed by atoms with Gasteiger partial charge >= 0.3 is 0 Å². The highest BCUT2D eigenvalue weighted by atomic mass is 32.1. The second-order valence-corrected chi connectivity index (χ2v) is 5.74. The van der Waals surface area contributed by atoms with Crippen molar-refractivity contribution < 1.29 is 9.47 Å². The molecule has 1 N–H and O–H groups in total. The predicted octanol–water partition coefficient (Wildman–Crippen LogP) is 4.40. The fourth-order valence-corrected chi connectivity index (χ4v) is 2.32. The van der Waals surface area contributed by atoms with Crippen LogP contribution in [-0.4, -0.2) is 36.7 Å². The van der Waals surface area contributed by atoms with Crippen molar-refractivity contribution >= 4 is 29.6 Å². The van der Waals surface area contributed by atoms with Gasteiger partial charge in [-0.15, -0.1) is 0 Å². The third kappa shape index (κ3) is 7.60. The van der Waals surface area contributed by atoms with E-state index in [1.807, 2.05) is 42.3 Å². The highest BCUT2D eigenvalue weighted by Gasteiger charge is 2.11. The van der Waals surface area contributed by atoms with Crippen molar-refractivity contribution in [2.45, 2.75) is 26.7 Å². The van der Waals surface area contributed by atoms with E-state index in [-0.39, 0.29) is 13.4 Å². The average Bonchev–Trinajstić information content (AvgIpc) is 2.62. The lowest BCUT2D eigenvalue weighted by atomic mass is 10.3. The molecule has 0 radical (unpaired) electrons. The molecule has 0 amide bonds. The van der Waals surface area contributed by atoms with Crippen molar-refractivity contribution in [1.29, 1.82) is 0 Å². The summed E-state index contributed by atoms with van der Waals surface area (Å²) in [6, 6.07) is 7.40. The lowest BCUT2D eigenvalue weighted by Crippen LogP contribution is -2.43. The number of nitrogens with one attached hydrogen (secondary N) is 1. The third-order valence-electron chi connectivity index (χ3n) is 3.32. The van der Waals surface area contributed by atoms with Gasteiger partial charge in [-0.25, -0.2) is 5.43 Å². The molecule has 5 nitrogen and oxygen atoms in total. The molecule has 6 heteroatoms. The van der Waals surface area contributed by atoms with Crippen LogP contribution in [0, 0.1) is 0 Å². The molecule has 1 aromatic carbocycles. The van der Waals surface area contributed by atoms with E-state index in [2.05, 4.69) is 30.6 Å².